The van der Waals surface area contributed by atoms with Crippen LogP contribution in [0.25, 0.3) is 11.3 Å². The Morgan fingerprint density at radius 3 is 2.52 bits per heavy atom. The van der Waals surface area contributed by atoms with Crippen LogP contribution in [0.5, 0.6) is 5.75 Å². The topological polar surface area (TPSA) is 34.1 Å². The maximum atomic E-state index is 13.4. The van der Waals surface area contributed by atoms with Crippen molar-refractivity contribution >= 4 is 22.2 Å². The number of nitrogens with zero attached hydrogens (tertiary/aromatic N) is 1. The van der Waals surface area contributed by atoms with Crippen molar-refractivity contribution in [3.05, 3.63) is 59.2 Å². The summed E-state index contributed by atoms with van der Waals surface area (Å²) in [6.07, 6.45) is -1.95. The Bertz CT molecular complexity index is 939. The van der Waals surface area contributed by atoms with Gasteiger partial charge in [0.1, 0.15) is 11.6 Å². The minimum atomic E-state index is -4.53. The Balaban J connectivity index is 1.76. The third kappa shape index (κ3) is 5.69. The summed E-state index contributed by atoms with van der Waals surface area (Å²) in [6.45, 7) is 2.26. The number of ether oxygens (including phenoxy) is 1. The van der Waals surface area contributed by atoms with Crippen molar-refractivity contribution in [2.45, 2.75) is 32.4 Å². The van der Waals surface area contributed by atoms with Gasteiger partial charge in [-0.15, -0.1) is 11.3 Å². The van der Waals surface area contributed by atoms with Crippen molar-refractivity contribution in [2.24, 2.45) is 0 Å². The molecular formula is C21H20F4N2OS. The molecule has 0 atom stereocenters. The molecule has 3 rings (SSSR count). The van der Waals surface area contributed by atoms with Crippen molar-refractivity contribution in [1.82, 2.24) is 4.98 Å². The van der Waals surface area contributed by atoms with E-state index >= 15 is 0 Å². The molecule has 0 aliphatic rings. The van der Waals surface area contributed by atoms with E-state index in [0.717, 1.165) is 24.5 Å². The van der Waals surface area contributed by atoms with Crippen LogP contribution in [0.4, 0.5) is 28.4 Å². The lowest BCUT2D eigenvalue weighted by atomic mass is 10.1. The standard InChI is InChI=1S/C21H20F4N2OS/c1-2-3-4-11-28-19-10-9-16(12-17(19)21(23,24)25)26-20-27-18(13-29-20)14-5-7-15(22)8-6-14/h5-10,12-13H,2-4,11H2,1H3,(H,26,27). The molecular weight excluding hydrogens is 404 g/mol. The maximum Gasteiger partial charge on any atom is 0.420 e. The fraction of sp³-hybridized carbons (Fsp3) is 0.286. The van der Waals surface area contributed by atoms with Gasteiger partial charge >= 0.3 is 6.18 Å². The molecule has 8 heteroatoms. The SMILES string of the molecule is CCCCCOc1ccc(Nc2nc(-c3ccc(F)cc3)cs2)cc1C(F)(F)F. The van der Waals surface area contributed by atoms with Crippen LogP contribution in [0, 0.1) is 5.82 Å². The molecule has 0 amide bonds. The normalized spacial score (nSPS) is 11.5. The molecule has 3 nitrogen and oxygen atoms in total. The number of hydrogen-bond acceptors (Lipinski definition) is 4. The quantitative estimate of drug-likeness (QED) is 0.305. The molecule has 29 heavy (non-hydrogen) atoms. The summed E-state index contributed by atoms with van der Waals surface area (Å²) in [5.41, 5.74) is 0.777. The number of thiazole rings is 1. The first-order chi connectivity index (χ1) is 13.9. The highest BCUT2D eigenvalue weighted by molar-refractivity contribution is 7.14. The second-order valence-electron chi connectivity index (χ2n) is 6.43. The van der Waals surface area contributed by atoms with E-state index in [-0.39, 0.29) is 23.9 Å². The van der Waals surface area contributed by atoms with Crippen molar-refractivity contribution < 1.29 is 22.3 Å². The van der Waals surface area contributed by atoms with E-state index in [1.807, 2.05) is 6.92 Å². The van der Waals surface area contributed by atoms with Gasteiger partial charge in [-0.2, -0.15) is 13.2 Å². The molecule has 0 aliphatic heterocycles. The average molecular weight is 424 g/mol. The summed E-state index contributed by atoms with van der Waals surface area (Å²) < 4.78 is 58.7. The molecule has 0 spiro atoms. The van der Waals surface area contributed by atoms with Crippen molar-refractivity contribution in [3.63, 3.8) is 0 Å². The fourth-order valence-electron chi connectivity index (χ4n) is 2.70. The van der Waals surface area contributed by atoms with Gasteiger partial charge in [0.15, 0.2) is 5.13 Å². The zero-order chi connectivity index (χ0) is 20.9. The zero-order valence-electron chi connectivity index (χ0n) is 15.7. The van der Waals surface area contributed by atoms with Crippen molar-refractivity contribution in [1.29, 1.82) is 0 Å². The number of nitrogens with one attached hydrogen (secondary N) is 1. The Labute approximate surface area is 170 Å². The Kier molecular flexibility index (Phi) is 6.74. The molecule has 0 saturated carbocycles. The van der Waals surface area contributed by atoms with Gasteiger partial charge in [-0.05, 0) is 48.9 Å². The molecule has 0 aliphatic carbocycles. The molecule has 1 N–H and O–H groups in total. The first-order valence-electron chi connectivity index (χ1n) is 9.19. The van der Waals surface area contributed by atoms with Gasteiger partial charge in [0.05, 0.1) is 17.9 Å². The lowest BCUT2D eigenvalue weighted by molar-refractivity contribution is -0.138. The number of aromatic nitrogens is 1. The van der Waals surface area contributed by atoms with E-state index in [9.17, 15) is 17.6 Å². The lowest BCUT2D eigenvalue weighted by Crippen LogP contribution is -2.10. The number of hydrogen-bond donors (Lipinski definition) is 1. The highest BCUT2D eigenvalue weighted by atomic mass is 32.1. The van der Waals surface area contributed by atoms with Gasteiger partial charge in [-0.25, -0.2) is 9.37 Å². The number of unbranched alkanes of at least 4 members (excludes halogenated alkanes) is 2. The number of benzene rings is 2. The molecule has 0 bridgehead atoms. The third-order valence-corrected chi connectivity index (χ3v) is 4.94. The van der Waals surface area contributed by atoms with Crippen LogP contribution >= 0.6 is 11.3 Å². The predicted molar refractivity (Wildman–Crippen MR) is 107 cm³/mol. The average Bonchev–Trinajstić information content (AvgIpc) is 3.14. The van der Waals surface area contributed by atoms with Gasteiger partial charge in [-0.3, -0.25) is 0 Å². The third-order valence-electron chi connectivity index (χ3n) is 4.19. The smallest absolute Gasteiger partial charge is 0.420 e. The monoisotopic (exact) mass is 424 g/mol. The Morgan fingerprint density at radius 2 is 1.83 bits per heavy atom. The molecule has 154 valence electrons. The van der Waals surface area contributed by atoms with Gasteiger partial charge in [-0.1, -0.05) is 19.8 Å². The maximum absolute atomic E-state index is 13.4. The molecule has 1 aromatic heterocycles. The molecule has 0 saturated heterocycles. The van der Waals surface area contributed by atoms with Crippen LogP contribution in [0.15, 0.2) is 47.8 Å². The van der Waals surface area contributed by atoms with E-state index in [1.54, 1.807) is 17.5 Å². The molecule has 0 radical (unpaired) electrons. The fourth-order valence-corrected chi connectivity index (χ4v) is 3.44. The summed E-state index contributed by atoms with van der Waals surface area (Å²) in [5.74, 6) is -0.524. The van der Waals surface area contributed by atoms with E-state index < -0.39 is 11.7 Å². The van der Waals surface area contributed by atoms with Crippen LogP contribution in [-0.2, 0) is 6.18 Å². The van der Waals surface area contributed by atoms with Crippen molar-refractivity contribution in [3.8, 4) is 17.0 Å². The molecule has 0 unspecified atom stereocenters. The zero-order valence-corrected chi connectivity index (χ0v) is 16.5. The van der Waals surface area contributed by atoms with E-state index in [1.165, 1.54) is 35.6 Å². The van der Waals surface area contributed by atoms with Gasteiger partial charge in [0, 0.05) is 16.6 Å². The summed E-state index contributed by atoms with van der Waals surface area (Å²) in [6, 6.07) is 9.73. The van der Waals surface area contributed by atoms with Gasteiger partial charge in [0.2, 0.25) is 0 Å². The summed E-state index contributed by atoms with van der Waals surface area (Å²) in [5, 5.41) is 5.09. The Hall–Kier alpha value is -2.61. The second-order valence-corrected chi connectivity index (χ2v) is 7.29. The minimum Gasteiger partial charge on any atom is -0.493 e. The summed E-state index contributed by atoms with van der Waals surface area (Å²) >= 11 is 1.25. The van der Waals surface area contributed by atoms with Crippen molar-refractivity contribution in [2.75, 3.05) is 11.9 Å². The number of alkyl halides is 3. The van der Waals surface area contributed by atoms with Gasteiger partial charge < -0.3 is 10.1 Å². The van der Waals surface area contributed by atoms with Crippen LogP contribution in [0.3, 0.4) is 0 Å². The van der Waals surface area contributed by atoms with Crippen LogP contribution in [0.1, 0.15) is 31.7 Å². The lowest BCUT2D eigenvalue weighted by Gasteiger charge is -2.15. The summed E-state index contributed by atoms with van der Waals surface area (Å²) in [4.78, 5) is 4.36. The predicted octanol–water partition coefficient (Wildman–Crippen LogP) is 7.28. The number of anilines is 2. The van der Waals surface area contributed by atoms with Gasteiger partial charge in [0.25, 0.3) is 0 Å². The van der Waals surface area contributed by atoms with E-state index in [0.29, 0.717) is 17.2 Å². The Morgan fingerprint density at radius 1 is 1.07 bits per heavy atom. The first kappa shape index (κ1) is 21.1. The number of halogens is 4. The number of rotatable bonds is 8. The molecule has 2 aromatic carbocycles. The highest BCUT2D eigenvalue weighted by Gasteiger charge is 2.34. The second kappa shape index (κ2) is 9.26. The minimum absolute atomic E-state index is 0.176. The molecule has 0 fully saturated rings. The van der Waals surface area contributed by atoms with Crippen LogP contribution < -0.4 is 10.1 Å². The first-order valence-corrected chi connectivity index (χ1v) is 10.1. The molecule has 3 aromatic rings. The van der Waals surface area contributed by atoms with E-state index in [2.05, 4.69) is 10.3 Å². The van der Waals surface area contributed by atoms with Crippen LogP contribution in [0.2, 0.25) is 0 Å². The summed E-state index contributed by atoms with van der Waals surface area (Å²) in [7, 11) is 0. The highest BCUT2D eigenvalue weighted by Crippen LogP contribution is 2.39. The largest absolute Gasteiger partial charge is 0.493 e. The van der Waals surface area contributed by atoms with Crippen LogP contribution in [-0.4, -0.2) is 11.6 Å². The molecule has 1 heterocycles. The van der Waals surface area contributed by atoms with E-state index in [4.69, 9.17) is 4.74 Å².